The van der Waals surface area contributed by atoms with Crippen molar-refractivity contribution in [3.8, 4) is 5.75 Å². The zero-order valence-electron chi connectivity index (χ0n) is 23.0. The van der Waals surface area contributed by atoms with Crippen LogP contribution in [0.1, 0.15) is 25.3 Å². The molecule has 1 atom stereocenters. The van der Waals surface area contributed by atoms with Crippen LogP contribution in [0.5, 0.6) is 5.75 Å². The highest BCUT2D eigenvalue weighted by molar-refractivity contribution is 7.90. The summed E-state index contributed by atoms with van der Waals surface area (Å²) in [5.41, 5.74) is 1.42. The van der Waals surface area contributed by atoms with Crippen molar-refractivity contribution in [1.29, 1.82) is 0 Å². The van der Waals surface area contributed by atoms with Gasteiger partial charge in [0.05, 0.1) is 12.2 Å². The first-order valence-electron chi connectivity index (χ1n) is 13.6. The van der Waals surface area contributed by atoms with Crippen molar-refractivity contribution in [2.45, 2.75) is 36.6 Å². The molecule has 2 saturated heterocycles. The second kappa shape index (κ2) is 10.5. The zero-order chi connectivity index (χ0) is 29.8. The number of aromatic nitrogens is 4. The number of amides is 2. The summed E-state index contributed by atoms with van der Waals surface area (Å²) in [6.45, 7) is 6.87. The molecule has 4 heterocycles. The van der Waals surface area contributed by atoms with E-state index >= 15 is 0 Å². The van der Waals surface area contributed by atoms with Crippen molar-refractivity contribution in [2.75, 3.05) is 44.6 Å². The van der Waals surface area contributed by atoms with E-state index in [1.165, 1.54) is 29.4 Å². The topological polar surface area (TPSA) is 154 Å². The Labute approximate surface area is 247 Å². The van der Waals surface area contributed by atoms with Crippen LogP contribution in [0.25, 0.3) is 11.3 Å². The lowest BCUT2D eigenvalue weighted by Gasteiger charge is -2.49. The summed E-state index contributed by atoms with van der Waals surface area (Å²) < 4.78 is 29.1. The van der Waals surface area contributed by atoms with Crippen LogP contribution in [0.4, 0.5) is 5.69 Å². The number of likely N-dealkylation sites (tertiary alicyclic amines) is 1. The van der Waals surface area contributed by atoms with Gasteiger partial charge in [-0.15, -0.1) is 0 Å². The first-order valence-corrected chi connectivity index (χ1v) is 15.5. The number of carbonyl (C=O) groups is 2. The van der Waals surface area contributed by atoms with E-state index in [2.05, 4.69) is 33.8 Å². The van der Waals surface area contributed by atoms with Gasteiger partial charge < -0.3 is 20.2 Å². The van der Waals surface area contributed by atoms with Crippen LogP contribution in [0.15, 0.2) is 43.5 Å². The molecule has 15 heteroatoms. The number of phenols is 1. The summed E-state index contributed by atoms with van der Waals surface area (Å²) in [5, 5.41) is 12.7. The van der Waals surface area contributed by atoms with Crippen LogP contribution in [0.3, 0.4) is 0 Å². The number of anilines is 1. The highest BCUT2D eigenvalue weighted by Gasteiger charge is 2.45. The minimum absolute atomic E-state index is 0.0312. The highest BCUT2D eigenvalue weighted by atomic mass is 35.5. The van der Waals surface area contributed by atoms with Gasteiger partial charge in [0, 0.05) is 62.2 Å². The van der Waals surface area contributed by atoms with E-state index in [0.29, 0.717) is 30.3 Å². The Balaban J connectivity index is 1.25. The van der Waals surface area contributed by atoms with Gasteiger partial charge in [0.1, 0.15) is 12.1 Å². The average Bonchev–Trinajstić information content (AvgIpc) is 3.53. The molecular weight excluding hydrogens is 584 g/mol. The van der Waals surface area contributed by atoms with Crippen LogP contribution in [0.2, 0.25) is 5.02 Å². The fourth-order valence-corrected chi connectivity index (χ4v) is 7.70. The normalized spacial score (nSPS) is 20.8. The summed E-state index contributed by atoms with van der Waals surface area (Å²) in [5.74, 6) is -0.728. The van der Waals surface area contributed by atoms with Gasteiger partial charge in [0.15, 0.2) is 16.7 Å². The maximum atomic E-state index is 14.1. The molecule has 0 bridgehead atoms. The Kier molecular flexibility index (Phi) is 7.10. The quantitative estimate of drug-likeness (QED) is 0.281. The molecule has 6 rings (SSSR count). The van der Waals surface area contributed by atoms with Gasteiger partial charge in [0.2, 0.25) is 11.8 Å². The number of phenolic OH excluding ortho intramolecular Hbond substituents is 1. The van der Waals surface area contributed by atoms with E-state index in [9.17, 15) is 23.1 Å². The van der Waals surface area contributed by atoms with Crippen molar-refractivity contribution in [2.24, 2.45) is 0 Å². The number of imidazole rings is 1. The van der Waals surface area contributed by atoms with Crippen molar-refractivity contribution < 1.29 is 23.1 Å². The largest absolute Gasteiger partial charge is 0.506 e. The SMILES string of the molecule is C=CC(=O)N1CC(N2CCN(C(=O)CNc3cc(C4(C)CC4)c(Cl)cc3O)C(S(=O)(=O)n3cnc4nccnc43)C2)C1. The molecule has 3 aromatic rings. The molecule has 2 amide bonds. The summed E-state index contributed by atoms with van der Waals surface area (Å²) in [6, 6.07) is 3.17. The maximum absolute atomic E-state index is 14.1. The molecule has 1 aromatic carbocycles. The molecule has 2 aromatic heterocycles. The van der Waals surface area contributed by atoms with Gasteiger partial charge in [-0.3, -0.25) is 14.5 Å². The van der Waals surface area contributed by atoms with Crippen molar-refractivity contribution in [1.82, 2.24) is 33.6 Å². The molecule has 1 aliphatic carbocycles. The number of fused-ring (bicyclic) bond motifs is 1. The number of nitrogens with one attached hydrogen (secondary N) is 1. The first-order chi connectivity index (χ1) is 20.0. The summed E-state index contributed by atoms with van der Waals surface area (Å²) in [7, 11) is -4.22. The molecule has 222 valence electrons. The van der Waals surface area contributed by atoms with Gasteiger partial charge >= 0.3 is 0 Å². The predicted molar refractivity (Wildman–Crippen MR) is 155 cm³/mol. The maximum Gasteiger partial charge on any atom is 0.264 e. The summed E-state index contributed by atoms with van der Waals surface area (Å²) in [4.78, 5) is 42.9. The molecule has 3 aliphatic rings. The third-order valence-electron chi connectivity index (χ3n) is 8.49. The van der Waals surface area contributed by atoms with Crippen LogP contribution in [-0.4, -0.2) is 110 Å². The van der Waals surface area contributed by atoms with Gasteiger partial charge in [0.25, 0.3) is 10.0 Å². The monoisotopic (exact) mass is 614 g/mol. The predicted octanol–water partition coefficient (Wildman–Crippen LogP) is 1.39. The number of rotatable bonds is 8. The average molecular weight is 615 g/mol. The van der Waals surface area contributed by atoms with Crippen LogP contribution in [-0.2, 0) is 25.0 Å². The Morgan fingerprint density at radius 1 is 1.17 bits per heavy atom. The number of nitrogens with zero attached hydrogens (tertiary/aromatic N) is 7. The van der Waals surface area contributed by atoms with E-state index in [-0.39, 0.29) is 54.0 Å². The second-order valence-corrected chi connectivity index (χ2v) is 13.6. The minimum Gasteiger partial charge on any atom is -0.506 e. The third kappa shape index (κ3) is 4.96. The van der Waals surface area contributed by atoms with Crippen LogP contribution >= 0.6 is 11.6 Å². The van der Waals surface area contributed by atoms with E-state index in [1.807, 2.05) is 4.90 Å². The second-order valence-electron chi connectivity index (χ2n) is 11.2. The lowest BCUT2D eigenvalue weighted by Crippen LogP contribution is -2.67. The van der Waals surface area contributed by atoms with Gasteiger partial charge in [-0.2, -0.15) is 0 Å². The van der Waals surface area contributed by atoms with E-state index in [4.69, 9.17) is 11.6 Å². The molecule has 13 nitrogen and oxygen atoms in total. The number of benzene rings is 1. The number of carbonyl (C=O) groups excluding carboxylic acids is 2. The van der Waals surface area contributed by atoms with Crippen LogP contribution in [0, 0.1) is 0 Å². The zero-order valence-corrected chi connectivity index (χ0v) is 24.6. The van der Waals surface area contributed by atoms with Crippen molar-refractivity contribution >= 4 is 50.4 Å². The van der Waals surface area contributed by atoms with Crippen molar-refractivity contribution in [3.63, 3.8) is 0 Å². The lowest BCUT2D eigenvalue weighted by atomic mass is 9.97. The summed E-state index contributed by atoms with van der Waals surface area (Å²) in [6.07, 6.45) is 7.17. The first kappa shape index (κ1) is 28.4. The molecule has 2 aliphatic heterocycles. The molecule has 42 heavy (non-hydrogen) atoms. The van der Waals surface area contributed by atoms with Gasteiger partial charge in [-0.25, -0.2) is 27.3 Å². The van der Waals surface area contributed by atoms with E-state index < -0.39 is 21.3 Å². The number of hydrogen-bond acceptors (Lipinski definition) is 10. The molecule has 2 N–H and O–H groups in total. The smallest absolute Gasteiger partial charge is 0.264 e. The third-order valence-corrected chi connectivity index (χ3v) is 10.7. The van der Waals surface area contributed by atoms with Crippen LogP contribution < -0.4 is 5.32 Å². The standard InChI is InChI=1S/C27H31ClN8O5S/c1-3-22(38)34-13-17(14-34)33-8-9-35(24(15-33)42(40,41)36-16-32-25-26(36)30-7-6-29-25)23(39)12-31-20-10-18(27(2)4-5-27)19(28)11-21(20)37/h3,6-7,10-11,16-17,24,31,37H,1,4-5,8-9,12-15H2,2H3. The molecule has 0 spiro atoms. The number of aromatic hydroxyl groups is 1. The minimum atomic E-state index is -4.22. The highest BCUT2D eigenvalue weighted by Crippen LogP contribution is 2.51. The molecule has 1 unspecified atom stereocenters. The number of hydrogen-bond donors (Lipinski definition) is 2. The molecule has 1 saturated carbocycles. The van der Waals surface area contributed by atoms with Gasteiger partial charge in [-0.05, 0) is 36.0 Å². The summed E-state index contributed by atoms with van der Waals surface area (Å²) >= 11 is 6.38. The fraction of sp³-hybridized carbons (Fsp3) is 0.444. The lowest BCUT2D eigenvalue weighted by molar-refractivity contribution is -0.136. The Morgan fingerprint density at radius 3 is 2.62 bits per heavy atom. The Morgan fingerprint density at radius 2 is 1.90 bits per heavy atom. The van der Waals surface area contributed by atoms with Crippen molar-refractivity contribution in [3.05, 3.63) is 54.1 Å². The number of halogens is 1. The molecule has 0 radical (unpaired) electrons. The Hall–Kier alpha value is -3.75. The van der Waals surface area contributed by atoms with E-state index in [0.717, 1.165) is 28.7 Å². The number of piperazine rings is 1. The molecular formula is C27H31ClN8O5S. The Bertz CT molecular complexity index is 1680. The van der Waals surface area contributed by atoms with E-state index in [1.54, 1.807) is 11.0 Å². The molecule has 3 fully saturated rings. The van der Waals surface area contributed by atoms with Gasteiger partial charge in [-0.1, -0.05) is 25.1 Å². The fourth-order valence-electron chi connectivity index (χ4n) is 5.58.